The monoisotopic (exact) mass is 230 g/mol. The maximum atomic E-state index is 11.0. The summed E-state index contributed by atoms with van der Waals surface area (Å²) in [5.74, 6) is -0.959. The van der Waals surface area contributed by atoms with Crippen molar-refractivity contribution in [3.05, 3.63) is 59.3 Å². The topological polar surface area (TPSA) is 89.3 Å². The highest BCUT2D eigenvalue weighted by Crippen LogP contribution is 2.33. The molecular weight excluding hydrogens is 216 g/mol. The summed E-state index contributed by atoms with van der Waals surface area (Å²) < 4.78 is 0. The normalized spacial score (nSPS) is 23.8. The summed E-state index contributed by atoms with van der Waals surface area (Å²) in [6.45, 7) is 0. The van der Waals surface area contributed by atoms with Gasteiger partial charge in [0.15, 0.2) is 0 Å². The Labute approximate surface area is 99.2 Å². The third-order valence-electron chi connectivity index (χ3n) is 3.01. The summed E-state index contributed by atoms with van der Waals surface area (Å²) >= 11 is 0. The average molecular weight is 230 g/mol. The van der Waals surface area contributed by atoms with E-state index >= 15 is 0 Å². The van der Waals surface area contributed by atoms with E-state index in [-0.39, 0.29) is 12.0 Å². The second-order valence-electron chi connectivity index (χ2n) is 4.13. The molecular formula is C13H14N2O2. The molecule has 5 N–H and O–H groups in total. The molecule has 1 aromatic rings. The van der Waals surface area contributed by atoms with Crippen LogP contribution in [0.2, 0.25) is 0 Å². The molecule has 0 amide bonds. The maximum Gasteiger partial charge on any atom is 0.331 e. The Morgan fingerprint density at radius 2 is 1.88 bits per heavy atom. The zero-order valence-corrected chi connectivity index (χ0v) is 9.26. The van der Waals surface area contributed by atoms with Gasteiger partial charge in [0.1, 0.15) is 0 Å². The lowest BCUT2D eigenvalue weighted by atomic mass is 9.79. The molecule has 4 nitrogen and oxygen atoms in total. The number of carboxylic acid groups (broad SMARTS) is 1. The SMILES string of the molecule is NC1=CC=C(C(=O)O)CC1(N)c1ccccc1. The first-order chi connectivity index (χ1) is 8.04. The number of nitrogens with two attached hydrogens (primary N) is 2. The number of benzene rings is 1. The minimum Gasteiger partial charge on any atom is -0.478 e. The lowest BCUT2D eigenvalue weighted by Gasteiger charge is -2.33. The molecule has 0 heterocycles. The lowest BCUT2D eigenvalue weighted by Crippen LogP contribution is -2.44. The zero-order valence-electron chi connectivity index (χ0n) is 9.26. The van der Waals surface area contributed by atoms with Crippen LogP contribution in [0, 0.1) is 0 Å². The molecule has 1 aromatic carbocycles. The molecule has 17 heavy (non-hydrogen) atoms. The standard InChI is InChI=1S/C13H14N2O2/c14-11-7-6-9(12(16)17)8-13(11,15)10-4-2-1-3-5-10/h1-7H,8,14-15H2,(H,16,17). The summed E-state index contributed by atoms with van der Waals surface area (Å²) in [6, 6.07) is 9.30. The smallest absolute Gasteiger partial charge is 0.331 e. The number of hydrogen-bond donors (Lipinski definition) is 3. The van der Waals surface area contributed by atoms with Crippen LogP contribution < -0.4 is 11.5 Å². The first-order valence-corrected chi connectivity index (χ1v) is 5.28. The minimum absolute atomic E-state index is 0.203. The molecule has 4 heteroatoms. The van der Waals surface area contributed by atoms with E-state index in [0.717, 1.165) is 5.56 Å². The van der Waals surface area contributed by atoms with Gasteiger partial charge in [0, 0.05) is 17.7 Å². The van der Waals surface area contributed by atoms with Crippen molar-refractivity contribution in [2.45, 2.75) is 12.0 Å². The summed E-state index contributed by atoms with van der Waals surface area (Å²) in [6.07, 6.45) is 3.28. The molecule has 1 unspecified atom stereocenters. The first kappa shape index (κ1) is 11.4. The fourth-order valence-electron chi connectivity index (χ4n) is 1.95. The van der Waals surface area contributed by atoms with Crippen molar-refractivity contribution >= 4 is 5.97 Å². The van der Waals surface area contributed by atoms with E-state index in [1.54, 1.807) is 6.08 Å². The van der Waals surface area contributed by atoms with Crippen LogP contribution in [0.5, 0.6) is 0 Å². The molecule has 1 aliphatic rings. The average Bonchev–Trinajstić information content (AvgIpc) is 2.33. The number of hydrogen-bond acceptors (Lipinski definition) is 3. The molecule has 1 atom stereocenters. The lowest BCUT2D eigenvalue weighted by molar-refractivity contribution is -0.133. The molecule has 88 valence electrons. The Hall–Kier alpha value is -2.07. The van der Waals surface area contributed by atoms with E-state index in [1.165, 1.54) is 6.08 Å². The van der Waals surface area contributed by atoms with Crippen LogP contribution >= 0.6 is 0 Å². The highest BCUT2D eigenvalue weighted by atomic mass is 16.4. The van der Waals surface area contributed by atoms with Crippen molar-refractivity contribution in [2.75, 3.05) is 0 Å². The fourth-order valence-corrected chi connectivity index (χ4v) is 1.95. The highest BCUT2D eigenvalue weighted by molar-refractivity contribution is 5.88. The number of carboxylic acids is 1. The van der Waals surface area contributed by atoms with Crippen molar-refractivity contribution in [3.63, 3.8) is 0 Å². The summed E-state index contributed by atoms with van der Waals surface area (Å²) in [5, 5.41) is 9.01. The predicted molar refractivity (Wildman–Crippen MR) is 64.9 cm³/mol. The first-order valence-electron chi connectivity index (χ1n) is 5.28. The number of allylic oxidation sites excluding steroid dienone is 2. The molecule has 0 radical (unpaired) electrons. The predicted octanol–water partition coefficient (Wildman–Crippen LogP) is 1.10. The van der Waals surface area contributed by atoms with E-state index in [1.807, 2.05) is 30.3 Å². The fraction of sp³-hybridized carbons (Fsp3) is 0.154. The van der Waals surface area contributed by atoms with Crippen LogP contribution in [0.4, 0.5) is 0 Å². The van der Waals surface area contributed by atoms with E-state index in [4.69, 9.17) is 16.6 Å². The van der Waals surface area contributed by atoms with Gasteiger partial charge in [-0.1, -0.05) is 30.3 Å². The van der Waals surface area contributed by atoms with Gasteiger partial charge in [0.05, 0.1) is 5.54 Å². The van der Waals surface area contributed by atoms with E-state index in [9.17, 15) is 4.79 Å². The molecule has 0 fully saturated rings. The van der Waals surface area contributed by atoms with Crippen molar-refractivity contribution in [1.82, 2.24) is 0 Å². The van der Waals surface area contributed by atoms with Crippen LogP contribution in [-0.4, -0.2) is 11.1 Å². The highest BCUT2D eigenvalue weighted by Gasteiger charge is 2.34. The Morgan fingerprint density at radius 1 is 1.24 bits per heavy atom. The van der Waals surface area contributed by atoms with Gasteiger partial charge >= 0.3 is 5.97 Å². The molecule has 0 saturated carbocycles. The van der Waals surface area contributed by atoms with Gasteiger partial charge in [-0.15, -0.1) is 0 Å². The van der Waals surface area contributed by atoms with Crippen molar-refractivity contribution in [1.29, 1.82) is 0 Å². The Bertz CT molecular complexity index is 505. The molecule has 1 aliphatic carbocycles. The molecule has 2 rings (SSSR count). The zero-order chi connectivity index (χ0) is 12.5. The van der Waals surface area contributed by atoms with Gasteiger partial charge in [-0.2, -0.15) is 0 Å². The van der Waals surface area contributed by atoms with Gasteiger partial charge < -0.3 is 16.6 Å². The number of carbonyl (C=O) groups is 1. The van der Waals surface area contributed by atoms with Crippen LogP contribution in [0.1, 0.15) is 12.0 Å². The summed E-state index contributed by atoms with van der Waals surface area (Å²) in [5.41, 5.74) is 12.8. The van der Waals surface area contributed by atoms with Crippen molar-refractivity contribution in [2.24, 2.45) is 11.5 Å². The second kappa shape index (κ2) is 4.07. The minimum atomic E-state index is -0.959. The Morgan fingerprint density at radius 3 is 2.47 bits per heavy atom. The van der Waals surface area contributed by atoms with Crippen LogP contribution in [0.3, 0.4) is 0 Å². The molecule has 0 aliphatic heterocycles. The Balaban J connectivity index is 2.44. The largest absolute Gasteiger partial charge is 0.478 e. The van der Waals surface area contributed by atoms with Crippen molar-refractivity contribution < 1.29 is 9.90 Å². The van der Waals surface area contributed by atoms with Crippen LogP contribution in [0.25, 0.3) is 0 Å². The number of rotatable bonds is 2. The summed E-state index contributed by atoms with van der Waals surface area (Å²) in [7, 11) is 0. The van der Waals surface area contributed by atoms with E-state index in [2.05, 4.69) is 0 Å². The third kappa shape index (κ3) is 1.94. The van der Waals surface area contributed by atoms with Crippen molar-refractivity contribution in [3.8, 4) is 0 Å². The van der Waals surface area contributed by atoms with Crippen LogP contribution in [0.15, 0.2) is 53.8 Å². The van der Waals surface area contributed by atoms with Gasteiger partial charge in [-0.05, 0) is 17.7 Å². The molecule has 0 saturated heterocycles. The molecule has 0 bridgehead atoms. The molecule has 0 spiro atoms. The van der Waals surface area contributed by atoms with E-state index in [0.29, 0.717) is 5.70 Å². The van der Waals surface area contributed by atoms with Gasteiger partial charge in [0.25, 0.3) is 0 Å². The van der Waals surface area contributed by atoms with E-state index < -0.39 is 11.5 Å². The Kier molecular flexibility index (Phi) is 2.73. The molecule has 0 aromatic heterocycles. The van der Waals surface area contributed by atoms with Crippen LogP contribution in [-0.2, 0) is 10.3 Å². The third-order valence-corrected chi connectivity index (χ3v) is 3.01. The second-order valence-corrected chi connectivity index (χ2v) is 4.13. The van der Waals surface area contributed by atoms with Gasteiger partial charge in [-0.25, -0.2) is 4.79 Å². The maximum absolute atomic E-state index is 11.0. The number of aliphatic carboxylic acids is 1. The van der Waals surface area contributed by atoms with Gasteiger partial charge in [-0.3, -0.25) is 0 Å². The summed E-state index contributed by atoms with van der Waals surface area (Å²) in [4.78, 5) is 11.0. The quantitative estimate of drug-likeness (QED) is 0.709. The van der Waals surface area contributed by atoms with Gasteiger partial charge in [0.2, 0.25) is 0 Å².